The molecule has 0 saturated heterocycles. The molecule has 7 heteroatoms. The minimum Gasteiger partial charge on any atom is -0.206 e. The van der Waals surface area contributed by atoms with Gasteiger partial charge >= 0.3 is 12.4 Å². The first kappa shape index (κ1) is 11.8. The molecule has 15 heavy (non-hydrogen) atoms. The summed E-state index contributed by atoms with van der Waals surface area (Å²) in [5, 5.41) is 0. The molecular formula is C8H2F7. The Kier molecular flexibility index (Phi) is 2.67. The van der Waals surface area contributed by atoms with Gasteiger partial charge in [-0.2, -0.15) is 26.3 Å². The summed E-state index contributed by atoms with van der Waals surface area (Å²) in [6.07, 6.45) is -10.1. The van der Waals surface area contributed by atoms with Crippen LogP contribution in [0.1, 0.15) is 11.1 Å². The van der Waals surface area contributed by atoms with Crippen LogP contribution in [0, 0.1) is 11.9 Å². The van der Waals surface area contributed by atoms with Crippen molar-refractivity contribution in [2.45, 2.75) is 12.4 Å². The fourth-order valence-electron chi connectivity index (χ4n) is 0.849. The van der Waals surface area contributed by atoms with E-state index in [2.05, 4.69) is 0 Å². The molecule has 1 rings (SSSR count). The van der Waals surface area contributed by atoms with Crippen LogP contribution in [0.3, 0.4) is 0 Å². The molecule has 0 saturated carbocycles. The fraction of sp³-hybridized carbons (Fsp3) is 0.250. The number of hydrogen-bond acceptors (Lipinski definition) is 0. The number of alkyl halides is 6. The second kappa shape index (κ2) is 3.39. The molecule has 0 aliphatic heterocycles. The average Bonchev–Trinajstić information content (AvgIpc) is 2.00. The summed E-state index contributed by atoms with van der Waals surface area (Å²) in [6, 6.07) is 1.12. The van der Waals surface area contributed by atoms with Crippen LogP contribution < -0.4 is 0 Å². The van der Waals surface area contributed by atoms with E-state index in [0.29, 0.717) is 0 Å². The third-order valence-electron chi connectivity index (χ3n) is 1.52. The summed E-state index contributed by atoms with van der Waals surface area (Å²) >= 11 is 0. The number of rotatable bonds is 0. The van der Waals surface area contributed by atoms with Gasteiger partial charge in [-0.25, -0.2) is 4.39 Å². The van der Waals surface area contributed by atoms with Crippen molar-refractivity contribution in [3.63, 3.8) is 0 Å². The predicted molar refractivity (Wildman–Crippen MR) is 35.2 cm³/mol. The van der Waals surface area contributed by atoms with Crippen molar-refractivity contribution in [2.24, 2.45) is 0 Å². The van der Waals surface area contributed by atoms with Crippen molar-refractivity contribution in [1.29, 1.82) is 0 Å². The first-order valence-corrected chi connectivity index (χ1v) is 3.48. The highest BCUT2D eigenvalue weighted by Crippen LogP contribution is 2.36. The van der Waals surface area contributed by atoms with Crippen LogP contribution in [0.25, 0.3) is 0 Å². The van der Waals surface area contributed by atoms with Crippen molar-refractivity contribution in [2.75, 3.05) is 0 Å². The van der Waals surface area contributed by atoms with E-state index in [0.717, 1.165) is 0 Å². The van der Waals surface area contributed by atoms with E-state index < -0.39 is 29.3 Å². The fourth-order valence-corrected chi connectivity index (χ4v) is 0.849. The molecule has 0 aromatic heterocycles. The van der Waals surface area contributed by atoms with Crippen LogP contribution >= 0.6 is 0 Å². The van der Waals surface area contributed by atoms with Gasteiger partial charge in [-0.3, -0.25) is 0 Å². The molecule has 0 aliphatic rings. The van der Waals surface area contributed by atoms with E-state index in [1.54, 1.807) is 0 Å². The van der Waals surface area contributed by atoms with Crippen molar-refractivity contribution < 1.29 is 30.7 Å². The number of hydrogen-bond donors (Lipinski definition) is 0. The number of halogens is 7. The van der Waals surface area contributed by atoms with E-state index in [9.17, 15) is 30.7 Å². The molecule has 0 atom stereocenters. The molecule has 0 N–H and O–H groups in total. The van der Waals surface area contributed by atoms with Gasteiger partial charge in [-0.15, -0.1) is 0 Å². The van der Waals surface area contributed by atoms with Crippen LogP contribution in [0.5, 0.6) is 0 Å². The van der Waals surface area contributed by atoms with Gasteiger partial charge in [0.2, 0.25) is 0 Å². The lowest BCUT2D eigenvalue weighted by atomic mass is 10.1. The van der Waals surface area contributed by atoms with Crippen LogP contribution in [-0.2, 0) is 12.4 Å². The lowest BCUT2D eigenvalue weighted by Gasteiger charge is -2.11. The minimum absolute atomic E-state index is 0.130. The molecule has 83 valence electrons. The maximum Gasteiger partial charge on any atom is 0.419 e. The second-order valence-electron chi connectivity index (χ2n) is 2.61. The van der Waals surface area contributed by atoms with Crippen LogP contribution in [-0.4, -0.2) is 0 Å². The zero-order valence-electron chi connectivity index (χ0n) is 6.80. The largest absolute Gasteiger partial charge is 0.419 e. The molecule has 0 unspecified atom stereocenters. The third-order valence-corrected chi connectivity index (χ3v) is 1.52. The van der Waals surface area contributed by atoms with E-state index in [1.165, 1.54) is 6.07 Å². The Morgan fingerprint density at radius 2 is 1.47 bits per heavy atom. The smallest absolute Gasteiger partial charge is 0.206 e. The van der Waals surface area contributed by atoms with E-state index in [4.69, 9.17) is 0 Å². The predicted octanol–water partition coefficient (Wildman–Crippen LogP) is 3.66. The Hall–Kier alpha value is -1.27. The monoisotopic (exact) mass is 231 g/mol. The first-order valence-electron chi connectivity index (χ1n) is 3.48. The Balaban J connectivity index is 3.30. The maximum atomic E-state index is 12.5. The Morgan fingerprint density at radius 1 is 0.933 bits per heavy atom. The normalized spacial score (nSPS) is 13.0. The molecule has 1 aromatic carbocycles. The van der Waals surface area contributed by atoms with Gasteiger partial charge in [-0.1, -0.05) is 0 Å². The quantitative estimate of drug-likeness (QED) is 0.597. The second-order valence-corrected chi connectivity index (χ2v) is 2.61. The highest BCUT2D eigenvalue weighted by atomic mass is 19.4. The summed E-state index contributed by atoms with van der Waals surface area (Å²) in [5.41, 5.74) is -3.56. The van der Waals surface area contributed by atoms with Gasteiger partial charge < -0.3 is 0 Å². The maximum absolute atomic E-state index is 12.5. The summed E-state index contributed by atoms with van der Waals surface area (Å²) in [7, 11) is 0. The first-order chi connectivity index (χ1) is 6.62. The van der Waals surface area contributed by atoms with Crippen molar-refractivity contribution >= 4 is 0 Å². The summed E-state index contributed by atoms with van der Waals surface area (Å²) in [6.45, 7) is 0. The van der Waals surface area contributed by atoms with E-state index in [-0.39, 0.29) is 12.1 Å². The SMILES string of the molecule is Fc1[c]cc(C(F)(F)F)cc1C(F)(F)F. The summed E-state index contributed by atoms with van der Waals surface area (Å²) in [5.74, 6) is -1.85. The van der Waals surface area contributed by atoms with Gasteiger partial charge in [-0.05, 0) is 12.1 Å². The molecule has 0 heterocycles. The lowest BCUT2D eigenvalue weighted by molar-refractivity contribution is -0.144. The number of benzene rings is 1. The van der Waals surface area contributed by atoms with Crippen molar-refractivity contribution in [3.8, 4) is 0 Å². The lowest BCUT2D eigenvalue weighted by Crippen LogP contribution is -2.12. The molecule has 0 nitrogen and oxygen atoms in total. The van der Waals surface area contributed by atoms with Gasteiger partial charge in [0.1, 0.15) is 5.82 Å². The highest BCUT2D eigenvalue weighted by Gasteiger charge is 2.38. The molecule has 0 fully saturated rings. The van der Waals surface area contributed by atoms with E-state index in [1.807, 2.05) is 0 Å². The molecule has 0 amide bonds. The molecule has 1 radical (unpaired) electrons. The Bertz CT molecular complexity index is 360. The van der Waals surface area contributed by atoms with Gasteiger partial charge in [0.25, 0.3) is 0 Å². The van der Waals surface area contributed by atoms with Gasteiger partial charge in [0, 0.05) is 6.07 Å². The third kappa shape index (κ3) is 2.60. The minimum atomic E-state index is -5.16. The summed E-state index contributed by atoms with van der Waals surface area (Å²) in [4.78, 5) is 0. The topological polar surface area (TPSA) is 0 Å². The van der Waals surface area contributed by atoms with Crippen LogP contribution in [0.15, 0.2) is 12.1 Å². The zero-order valence-corrected chi connectivity index (χ0v) is 6.80. The van der Waals surface area contributed by atoms with Crippen LogP contribution in [0.4, 0.5) is 30.7 Å². The Labute approximate surface area is 79.3 Å². The summed E-state index contributed by atoms with van der Waals surface area (Å²) < 4.78 is 84.4. The average molecular weight is 231 g/mol. The molecular weight excluding hydrogens is 229 g/mol. The Morgan fingerprint density at radius 3 is 1.87 bits per heavy atom. The molecule has 0 spiro atoms. The molecule has 0 aliphatic carbocycles. The van der Waals surface area contributed by atoms with E-state index >= 15 is 0 Å². The van der Waals surface area contributed by atoms with Crippen molar-refractivity contribution in [1.82, 2.24) is 0 Å². The van der Waals surface area contributed by atoms with Gasteiger partial charge in [0.15, 0.2) is 0 Å². The standard InChI is InChI=1S/C8H2F7/c9-6-2-1-4(7(10,11)12)3-5(6)8(13,14)15/h1,3H. The highest BCUT2D eigenvalue weighted by molar-refractivity contribution is 5.28. The molecule has 1 aromatic rings. The van der Waals surface area contributed by atoms with Crippen molar-refractivity contribution in [3.05, 3.63) is 35.1 Å². The zero-order chi connectivity index (χ0) is 11.9. The molecule has 0 bridgehead atoms. The van der Waals surface area contributed by atoms with Gasteiger partial charge in [0.05, 0.1) is 11.1 Å². The van der Waals surface area contributed by atoms with Crippen LogP contribution in [0.2, 0.25) is 0 Å².